The molecule has 2 rings (SSSR count). The first-order valence-corrected chi connectivity index (χ1v) is 7.83. The lowest BCUT2D eigenvalue weighted by molar-refractivity contribution is -0.146. The van der Waals surface area contributed by atoms with Gasteiger partial charge in [-0.1, -0.05) is 6.07 Å². The van der Waals surface area contributed by atoms with Crippen LogP contribution in [0, 0.1) is 12.3 Å². The molecule has 1 fully saturated rings. The number of pyridine rings is 1. The minimum atomic E-state index is -0.845. The molecular formula is C16H24N4O3. The third-order valence-corrected chi connectivity index (χ3v) is 4.12. The standard InChI is InChI=1S/C16H24N4O3/c1-12-4-5-13(19-10-12)17-7-3-8-18-15(23)20-9-6-16(2,11-20)14(21)22/h4-5,10H,3,6-9,11H2,1-2H3,(H,17,19)(H,18,23)(H,21,22). The summed E-state index contributed by atoms with van der Waals surface area (Å²) in [5, 5.41) is 15.2. The Morgan fingerprint density at radius 3 is 2.78 bits per heavy atom. The highest BCUT2D eigenvalue weighted by Crippen LogP contribution is 2.29. The second-order valence-electron chi connectivity index (χ2n) is 6.27. The number of hydrogen-bond acceptors (Lipinski definition) is 4. The number of rotatable bonds is 6. The Bertz CT molecular complexity index is 561. The minimum absolute atomic E-state index is 0.191. The van der Waals surface area contributed by atoms with Crippen LogP contribution in [0.2, 0.25) is 0 Å². The molecule has 1 aromatic rings. The lowest BCUT2D eigenvalue weighted by atomic mass is 9.90. The van der Waals surface area contributed by atoms with Crippen molar-refractivity contribution in [1.29, 1.82) is 0 Å². The Morgan fingerprint density at radius 2 is 2.17 bits per heavy atom. The first kappa shape index (κ1) is 17.1. The van der Waals surface area contributed by atoms with Crippen LogP contribution in [0.25, 0.3) is 0 Å². The number of aromatic nitrogens is 1. The topological polar surface area (TPSA) is 94.6 Å². The van der Waals surface area contributed by atoms with Gasteiger partial charge < -0.3 is 20.6 Å². The van der Waals surface area contributed by atoms with Crippen molar-refractivity contribution in [2.24, 2.45) is 5.41 Å². The van der Waals surface area contributed by atoms with Crippen molar-refractivity contribution in [1.82, 2.24) is 15.2 Å². The summed E-state index contributed by atoms with van der Waals surface area (Å²) in [6.07, 6.45) is 3.07. The highest BCUT2D eigenvalue weighted by Gasteiger charge is 2.42. The summed E-state index contributed by atoms with van der Waals surface area (Å²) in [6, 6.07) is 3.72. The second kappa shape index (κ2) is 7.30. The Balaban J connectivity index is 1.64. The monoisotopic (exact) mass is 320 g/mol. The predicted octanol–water partition coefficient (Wildman–Crippen LogP) is 1.70. The summed E-state index contributed by atoms with van der Waals surface area (Å²) in [4.78, 5) is 29.0. The van der Waals surface area contributed by atoms with E-state index in [9.17, 15) is 14.7 Å². The molecule has 0 bridgehead atoms. The van der Waals surface area contributed by atoms with Gasteiger partial charge in [-0.3, -0.25) is 4.79 Å². The number of urea groups is 1. The van der Waals surface area contributed by atoms with Gasteiger partial charge in [-0.2, -0.15) is 0 Å². The van der Waals surface area contributed by atoms with E-state index in [0.29, 0.717) is 26.1 Å². The van der Waals surface area contributed by atoms with E-state index in [1.807, 2.05) is 19.1 Å². The average molecular weight is 320 g/mol. The van der Waals surface area contributed by atoms with E-state index in [4.69, 9.17) is 0 Å². The van der Waals surface area contributed by atoms with Gasteiger partial charge in [0.25, 0.3) is 0 Å². The van der Waals surface area contributed by atoms with E-state index in [1.165, 1.54) is 0 Å². The number of nitrogens with zero attached hydrogens (tertiary/aromatic N) is 2. The van der Waals surface area contributed by atoms with Crippen LogP contribution in [0.3, 0.4) is 0 Å². The molecule has 0 saturated carbocycles. The highest BCUT2D eigenvalue weighted by atomic mass is 16.4. The van der Waals surface area contributed by atoms with Gasteiger partial charge in [0.2, 0.25) is 0 Å². The summed E-state index contributed by atoms with van der Waals surface area (Å²) in [5.41, 5.74) is 0.289. The first-order chi connectivity index (χ1) is 10.9. The molecule has 1 unspecified atom stereocenters. The van der Waals surface area contributed by atoms with Gasteiger partial charge in [0.1, 0.15) is 5.82 Å². The molecule has 1 saturated heterocycles. The van der Waals surface area contributed by atoms with Crippen molar-refractivity contribution >= 4 is 17.8 Å². The Morgan fingerprint density at radius 1 is 1.39 bits per heavy atom. The Hall–Kier alpha value is -2.31. The van der Waals surface area contributed by atoms with E-state index in [1.54, 1.807) is 18.0 Å². The van der Waals surface area contributed by atoms with Crippen molar-refractivity contribution in [3.63, 3.8) is 0 Å². The van der Waals surface area contributed by atoms with Gasteiger partial charge in [-0.05, 0) is 38.3 Å². The van der Waals surface area contributed by atoms with Crippen molar-refractivity contribution in [2.75, 3.05) is 31.5 Å². The molecule has 7 heteroatoms. The highest BCUT2D eigenvalue weighted by molar-refractivity contribution is 5.79. The number of carboxylic acids is 1. The molecule has 0 spiro atoms. The van der Waals surface area contributed by atoms with Gasteiger partial charge in [0.15, 0.2) is 0 Å². The molecule has 2 amide bonds. The summed E-state index contributed by atoms with van der Waals surface area (Å²) in [7, 11) is 0. The molecule has 1 aliphatic rings. The fourth-order valence-electron chi connectivity index (χ4n) is 2.49. The quantitative estimate of drug-likeness (QED) is 0.694. The maximum atomic E-state index is 12.0. The normalized spacial score (nSPS) is 20.3. The zero-order chi connectivity index (χ0) is 16.9. The van der Waals surface area contributed by atoms with Crippen LogP contribution in [0.4, 0.5) is 10.6 Å². The molecule has 0 radical (unpaired) electrons. The molecule has 1 aliphatic heterocycles. The van der Waals surface area contributed by atoms with Crippen molar-refractivity contribution in [2.45, 2.75) is 26.7 Å². The average Bonchev–Trinajstić information content (AvgIpc) is 2.93. The maximum Gasteiger partial charge on any atom is 0.317 e. The number of nitrogens with one attached hydrogen (secondary N) is 2. The second-order valence-corrected chi connectivity index (χ2v) is 6.27. The fourth-order valence-corrected chi connectivity index (χ4v) is 2.49. The Labute approximate surface area is 136 Å². The molecule has 1 atom stereocenters. The molecule has 0 aliphatic carbocycles. The molecule has 2 heterocycles. The smallest absolute Gasteiger partial charge is 0.317 e. The van der Waals surface area contributed by atoms with Crippen LogP contribution in [-0.4, -0.2) is 53.2 Å². The van der Waals surface area contributed by atoms with Gasteiger partial charge in [0, 0.05) is 32.4 Å². The van der Waals surface area contributed by atoms with Gasteiger partial charge in [0.05, 0.1) is 5.41 Å². The molecule has 1 aromatic heterocycles. The van der Waals surface area contributed by atoms with Crippen LogP contribution >= 0.6 is 0 Å². The largest absolute Gasteiger partial charge is 0.481 e. The molecule has 126 valence electrons. The molecule has 7 nitrogen and oxygen atoms in total. The van der Waals surface area contributed by atoms with Crippen LogP contribution in [0.15, 0.2) is 18.3 Å². The van der Waals surface area contributed by atoms with E-state index < -0.39 is 11.4 Å². The van der Waals surface area contributed by atoms with E-state index in [-0.39, 0.29) is 12.6 Å². The van der Waals surface area contributed by atoms with Crippen molar-refractivity contribution in [3.05, 3.63) is 23.9 Å². The number of carbonyl (C=O) groups is 2. The molecular weight excluding hydrogens is 296 g/mol. The maximum absolute atomic E-state index is 12.0. The van der Waals surface area contributed by atoms with Gasteiger partial charge in [-0.25, -0.2) is 9.78 Å². The van der Waals surface area contributed by atoms with E-state index in [0.717, 1.165) is 17.8 Å². The number of hydrogen-bond donors (Lipinski definition) is 3. The number of carbonyl (C=O) groups excluding carboxylic acids is 1. The molecule has 23 heavy (non-hydrogen) atoms. The number of aryl methyl sites for hydroxylation is 1. The number of anilines is 1. The molecule has 0 aromatic carbocycles. The summed E-state index contributed by atoms with van der Waals surface area (Å²) >= 11 is 0. The Kier molecular flexibility index (Phi) is 5.41. The zero-order valence-corrected chi connectivity index (χ0v) is 13.6. The summed E-state index contributed by atoms with van der Waals surface area (Å²) < 4.78 is 0. The van der Waals surface area contributed by atoms with Crippen molar-refractivity contribution < 1.29 is 14.7 Å². The fraction of sp³-hybridized carbons (Fsp3) is 0.562. The molecule has 3 N–H and O–H groups in total. The number of likely N-dealkylation sites (tertiary alicyclic amines) is 1. The third kappa shape index (κ3) is 4.58. The lowest BCUT2D eigenvalue weighted by Gasteiger charge is -2.20. The number of amides is 2. The summed E-state index contributed by atoms with van der Waals surface area (Å²) in [6.45, 7) is 5.67. The van der Waals surface area contributed by atoms with Gasteiger partial charge in [-0.15, -0.1) is 0 Å². The summed E-state index contributed by atoms with van der Waals surface area (Å²) in [5.74, 6) is -0.0266. The predicted molar refractivity (Wildman–Crippen MR) is 87.4 cm³/mol. The van der Waals surface area contributed by atoms with Crippen LogP contribution < -0.4 is 10.6 Å². The van der Waals surface area contributed by atoms with E-state index >= 15 is 0 Å². The number of aliphatic carboxylic acids is 1. The van der Waals surface area contributed by atoms with Crippen molar-refractivity contribution in [3.8, 4) is 0 Å². The number of carboxylic acid groups (broad SMARTS) is 1. The van der Waals surface area contributed by atoms with Crippen LogP contribution in [0.5, 0.6) is 0 Å². The third-order valence-electron chi connectivity index (χ3n) is 4.12. The SMILES string of the molecule is Cc1ccc(NCCCNC(=O)N2CCC(C)(C(=O)O)C2)nc1. The van der Waals surface area contributed by atoms with E-state index in [2.05, 4.69) is 15.6 Å². The zero-order valence-electron chi connectivity index (χ0n) is 13.6. The first-order valence-electron chi connectivity index (χ1n) is 7.83. The van der Waals surface area contributed by atoms with Crippen LogP contribution in [-0.2, 0) is 4.79 Å². The minimum Gasteiger partial charge on any atom is -0.481 e. The lowest BCUT2D eigenvalue weighted by Crippen LogP contribution is -2.41. The van der Waals surface area contributed by atoms with Crippen LogP contribution in [0.1, 0.15) is 25.3 Å². The van der Waals surface area contributed by atoms with Gasteiger partial charge >= 0.3 is 12.0 Å².